The van der Waals surface area contributed by atoms with Crippen LogP contribution in [0, 0.1) is 0 Å². The Morgan fingerprint density at radius 1 is 0.349 bits per heavy atom. The van der Waals surface area contributed by atoms with E-state index in [2.05, 4.69) is 0 Å². The number of thioether (sulfide) groups is 2. The van der Waals surface area contributed by atoms with Crippen LogP contribution in [0.3, 0.4) is 0 Å². The Morgan fingerprint density at radius 2 is 0.556 bits per heavy atom. The molecule has 0 aromatic heterocycles. The molecule has 6 aromatic carbocycles. The zero-order valence-corrected chi connectivity index (χ0v) is 38.5. The van der Waals surface area contributed by atoms with E-state index in [0.29, 0.717) is 34.5 Å². The highest BCUT2D eigenvalue weighted by atomic mass is 33.7. The molecule has 63 heavy (non-hydrogen) atoms. The number of rotatable bonds is 17. The number of carbonyl (C=O) groups is 6. The SMILES string of the molecule is O=C(O)c1ccccc1SCSc1ccccc1C(=O)O.O=C(O)c1ccccc1SS(=S)Sc1ccccc1C(=O)O.O=C(O)c1ccccc1SSc1ccccc1C(=O)O. The van der Waals surface area contributed by atoms with Crippen molar-refractivity contribution in [1.82, 2.24) is 0 Å². The molecule has 0 unspecified atom stereocenters. The molecule has 0 atom stereocenters. The van der Waals surface area contributed by atoms with Crippen molar-refractivity contribution < 1.29 is 59.4 Å². The van der Waals surface area contributed by atoms with E-state index in [9.17, 15) is 28.8 Å². The van der Waals surface area contributed by atoms with Crippen LogP contribution < -0.4 is 0 Å². The van der Waals surface area contributed by atoms with Crippen LogP contribution in [0.15, 0.2) is 175 Å². The second kappa shape index (κ2) is 25.8. The Balaban J connectivity index is 0.000000208. The lowest BCUT2D eigenvalue weighted by molar-refractivity contribution is 0.0682. The highest BCUT2D eigenvalue weighted by molar-refractivity contribution is 9.12. The van der Waals surface area contributed by atoms with Gasteiger partial charge in [0.25, 0.3) is 0 Å². The molecule has 0 bridgehead atoms. The van der Waals surface area contributed by atoms with Gasteiger partial charge in [-0.15, -0.1) is 23.5 Å². The molecule has 6 N–H and O–H groups in total. The molecule has 0 radical (unpaired) electrons. The minimum absolute atomic E-state index is 0.196. The Kier molecular flexibility index (Phi) is 20.7. The Morgan fingerprint density at radius 3 is 0.825 bits per heavy atom. The predicted octanol–water partition coefficient (Wildman–Crippen LogP) is 11.7. The molecule has 0 saturated carbocycles. The van der Waals surface area contributed by atoms with E-state index in [1.165, 1.54) is 91.0 Å². The van der Waals surface area contributed by atoms with Gasteiger partial charge in [0.2, 0.25) is 0 Å². The fraction of sp³-hybridized carbons (Fsp3) is 0.0233. The number of hydrogen-bond donors (Lipinski definition) is 6. The van der Waals surface area contributed by atoms with E-state index in [4.69, 9.17) is 41.8 Å². The molecule has 12 nitrogen and oxygen atoms in total. The summed E-state index contributed by atoms with van der Waals surface area (Å²) in [6.45, 7) is 0. The minimum atomic E-state index is -1.01. The number of benzene rings is 6. The zero-order valence-electron chi connectivity index (χ0n) is 32.0. The van der Waals surface area contributed by atoms with Crippen molar-refractivity contribution in [3.63, 3.8) is 0 Å². The summed E-state index contributed by atoms with van der Waals surface area (Å²) in [5.74, 6) is -5.94. The van der Waals surface area contributed by atoms with Crippen molar-refractivity contribution in [2.75, 3.05) is 5.08 Å². The second-order valence-electron chi connectivity index (χ2n) is 11.8. The van der Waals surface area contributed by atoms with Crippen molar-refractivity contribution in [3.05, 3.63) is 179 Å². The lowest BCUT2D eigenvalue weighted by Crippen LogP contribution is -1.99. The van der Waals surface area contributed by atoms with E-state index in [0.717, 1.165) is 0 Å². The quantitative estimate of drug-likeness (QED) is 0.0284. The first-order valence-electron chi connectivity index (χ1n) is 17.5. The number of hydrogen-bond acceptors (Lipinski definition) is 13. The first-order chi connectivity index (χ1) is 30.2. The lowest BCUT2D eigenvalue weighted by Gasteiger charge is -2.08. The van der Waals surface area contributed by atoms with Crippen LogP contribution in [0.4, 0.5) is 0 Å². The molecular formula is C43H32O12S8. The molecule has 0 amide bonds. The third kappa shape index (κ3) is 15.8. The van der Waals surface area contributed by atoms with Crippen molar-refractivity contribution in [2.45, 2.75) is 29.4 Å². The maximum atomic E-state index is 11.2. The molecule has 0 saturated heterocycles. The van der Waals surface area contributed by atoms with Gasteiger partial charge in [-0.25, -0.2) is 28.8 Å². The Labute approximate surface area is 391 Å². The smallest absolute Gasteiger partial charge is 0.336 e. The first-order valence-corrected chi connectivity index (χ1v) is 26.4. The molecule has 324 valence electrons. The molecule has 0 aliphatic rings. The molecule has 6 rings (SSSR count). The van der Waals surface area contributed by atoms with E-state index in [1.807, 2.05) is 0 Å². The highest BCUT2D eigenvalue weighted by Gasteiger charge is 2.17. The van der Waals surface area contributed by atoms with Crippen molar-refractivity contribution >= 4 is 121 Å². The van der Waals surface area contributed by atoms with E-state index in [-0.39, 0.29) is 33.4 Å². The van der Waals surface area contributed by atoms with Gasteiger partial charge < -0.3 is 30.6 Å². The normalized spacial score (nSPS) is 10.4. The molecule has 20 heteroatoms. The van der Waals surface area contributed by atoms with Crippen LogP contribution in [0.5, 0.6) is 0 Å². The third-order valence-corrected chi connectivity index (χ3v) is 18.1. The molecule has 0 spiro atoms. The third-order valence-electron chi connectivity index (χ3n) is 7.67. The summed E-state index contributed by atoms with van der Waals surface area (Å²) in [5, 5.41) is 55.2. The standard InChI is InChI=1S/C15H12O4S2.C14H10O4S4.C14H10O4S2/c16-14(17)10-5-1-3-7-12(10)20-9-21-13-8-4-2-6-11(13)15(18)19;15-13(16)9-5-1-3-7-11(9)20-22(19)21-12-8-4-2-6-10(12)14(17)18;15-13(16)9-5-1-3-7-11(9)19-20-12-8-4-2-6-10(12)14(17)18/h1-8H,9H2,(H,16,17)(H,18,19);1-8H,(H,15,16)(H,17,18);1-8H,(H,15,16)(H,17,18). The van der Waals surface area contributed by atoms with Gasteiger partial charge in [-0.2, -0.15) is 0 Å². The van der Waals surface area contributed by atoms with Gasteiger partial charge in [-0.3, -0.25) is 0 Å². The topological polar surface area (TPSA) is 224 Å². The first kappa shape index (κ1) is 50.5. The summed E-state index contributed by atoms with van der Waals surface area (Å²) in [7, 11) is 4.22. The summed E-state index contributed by atoms with van der Waals surface area (Å²) < 4.78 is 0. The van der Waals surface area contributed by atoms with Crippen molar-refractivity contribution in [3.8, 4) is 0 Å². The monoisotopic (exact) mass is 996 g/mol. The van der Waals surface area contributed by atoms with Gasteiger partial charge in [0.15, 0.2) is 0 Å². The van der Waals surface area contributed by atoms with Crippen LogP contribution in [0.25, 0.3) is 0 Å². The van der Waals surface area contributed by atoms with Crippen molar-refractivity contribution in [2.24, 2.45) is 0 Å². The van der Waals surface area contributed by atoms with Gasteiger partial charge in [0.1, 0.15) is 0 Å². The summed E-state index contributed by atoms with van der Waals surface area (Å²) in [4.78, 5) is 70.4. The average Bonchev–Trinajstić information content (AvgIpc) is 3.26. The fourth-order valence-electron chi connectivity index (χ4n) is 4.81. The molecule has 0 heterocycles. The van der Waals surface area contributed by atoms with Gasteiger partial charge in [-0.1, -0.05) is 94.4 Å². The molecule has 0 aliphatic heterocycles. The number of carboxylic acids is 6. The van der Waals surface area contributed by atoms with Crippen LogP contribution in [-0.4, -0.2) is 71.5 Å². The number of aromatic carboxylic acids is 6. The number of carboxylic acid groups (broad SMARTS) is 6. The second-order valence-corrected chi connectivity index (χ2v) is 23.9. The van der Waals surface area contributed by atoms with Crippen LogP contribution in [0.2, 0.25) is 0 Å². The predicted molar refractivity (Wildman–Crippen MR) is 255 cm³/mol. The van der Waals surface area contributed by atoms with Gasteiger partial charge in [-0.05, 0) is 106 Å². The summed E-state index contributed by atoms with van der Waals surface area (Å²) in [5.41, 5.74) is 1.32. The minimum Gasteiger partial charge on any atom is -0.478 e. The van der Waals surface area contributed by atoms with Gasteiger partial charge >= 0.3 is 35.8 Å². The van der Waals surface area contributed by atoms with Gasteiger partial charge in [0.05, 0.1) is 33.4 Å². The zero-order chi connectivity index (χ0) is 45.9. The summed E-state index contributed by atoms with van der Waals surface area (Å²) >= 11 is 8.12. The maximum absolute atomic E-state index is 11.2. The highest BCUT2D eigenvalue weighted by Crippen LogP contribution is 2.41. The van der Waals surface area contributed by atoms with E-state index < -0.39 is 43.3 Å². The van der Waals surface area contributed by atoms with Gasteiger partial charge in [0, 0.05) is 42.0 Å². The van der Waals surface area contributed by atoms with Crippen molar-refractivity contribution in [1.29, 1.82) is 0 Å². The van der Waals surface area contributed by atoms with E-state index in [1.54, 1.807) is 121 Å². The Bertz CT molecular complexity index is 2460. The molecular weight excluding hydrogens is 965 g/mol. The maximum Gasteiger partial charge on any atom is 0.336 e. The average molecular weight is 997 g/mol. The molecule has 0 fully saturated rings. The lowest BCUT2D eigenvalue weighted by atomic mass is 10.2. The Hall–Kier alpha value is -5.19. The molecule has 0 aliphatic carbocycles. The van der Waals surface area contributed by atoms with Crippen LogP contribution >= 0.6 is 66.7 Å². The largest absolute Gasteiger partial charge is 0.478 e. The molecule has 6 aromatic rings. The van der Waals surface area contributed by atoms with E-state index >= 15 is 0 Å². The van der Waals surface area contributed by atoms with Crippen LogP contribution in [-0.2, 0) is 18.7 Å². The summed E-state index contributed by atoms with van der Waals surface area (Å²) in [6, 6.07) is 40.0. The van der Waals surface area contributed by atoms with Crippen LogP contribution in [0.1, 0.15) is 62.1 Å². The summed E-state index contributed by atoms with van der Waals surface area (Å²) in [6.07, 6.45) is 0. The fourth-order valence-corrected chi connectivity index (χ4v) is 15.3.